The first kappa shape index (κ1) is 21.8. The zero-order chi connectivity index (χ0) is 22.5. The summed E-state index contributed by atoms with van der Waals surface area (Å²) < 4.78 is 20.6. The standard InChI is InChI=1S/C22H21NO8/c1-4-28-19(24)13-11-14(20(25)29-5-2)23-18-12-9-7-8-10-15(12)31-22(27)17(18)16(13)21(26)30-6-3/h7-11,23H,4-6H2,1-3H3. The summed E-state index contributed by atoms with van der Waals surface area (Å²) in [5.41, 5.74) is -1.61. The van der Waals surface area contributed by atoms with E-state index in [0.717, 1.165) is 6.08 Å². The molecule has 3 rings (SSSR count). The SMILES string of the molecule is CCOC(=O)C1=CC(C(=O)OCC)=C(C(=O)OCC)c2c(c3ccccc3oc2=O)N1. The highest BCUT2D eigenvalue weighted by Crippen LogP contribution is 2.36. The van der Waals surface area contributed by atoms with Crippen molar-refractivity contribution in [1.82, 2.24) is 0 Å². The molecule has 9 nitrogen and oxygen atoms in total. The van der Waals surface area contributed by atoms with Crippen LogP contribution in [0.5, 0.6) is 0 Å². The number of carbonyl (C=O) groups excluding carboxylic acids is 3. The van der Waals surface area contributed by atoms with Crippen molar-refractivity contribution in [3.05, 3.63) is 57.6 Å². The van der Waals surface area contributed by atoms with E-state index in [1.165, 1.54) is 0 Å². The monoisotopic (exact) mass is 427 g/mol. The fraction of sp³-hybridized carbons (Fsp3) is 0.273. The van der Waals surface area contributed by atoms with Gasteiger partial charge < -0.3 is 23.9 Å². The van der Waals surface area contributed by atoms with E-state index >= 15 is 0 Å². The molecule has 2 heterocycles. The number of hydrogen-bond acceptors (Lipinski definition) is 9. The summed E-state index contributed by atoms with van der Waals surface area (Å²) in [4.78, 5) is 51.1. The zero-order valence-corrected chi connectivity index (χ0v) is 17.3. The summed E-state index contributed by atoms with van der Waals surface area (Å²) in [5, 5.41) is 3.27. The summed E-state index contributed by atoms with van der Waals surface area (Å²) in [6, 6.07) is 6.58. The fourth-order valence-electron chi connectivity index (χ4n) is 3.13. The Morgan fingerprint density at radius 2 is 1.52 bits per heavy atom. The highest BCUT2D eigenvalue weighted by atomic mass is 16.5. The number of anilines is 1. The molecule has 1 aliphatic rings. The molecule has 0 fully saturated rings. The van der Waals surface area contributed by atoms with Gasteiger partial charge in [-0.25, -0.2) is 19.2 Å². The Bertz CT molecular complexity index is 1170. The topological polar surface area (TPSA) is 121 Å². The van der Waals surface area contributed by atoms with Crippen LogP contribution >= 0.6 is 0 Å². The maximum Gasteiger partial charge on any atom is 0.354 e. The maximum atomic E-state index is 12.9. The molecule has 162 valence electrons. The van der Waals surface area contributed by atoms with Crippen molar-refractivity contribution in [3.63, 3.8) is 0 Å². The van der Waals surface area contributed by atoms with Gasteiger partial charge in [-0.3, -0.25) is 0 Å². The Morgan fingerprint density at radius 3 is 2.19 bits per heavy atom. The van der Waals surface area contributed by atoms with Gasteiger partial charge in [0.2, 0.25) is 0 Å². The van der Waals surface area contributed by atoms with E-state index in [-0.39, 0.29) is 53.5 Å². The Morgan fingerprint density at radius 1 is 0.903 bits per heavy atom. The minimum Gasteiger partial charge on any atom is -0.462 e. The molecule has 0 aliphatic carbocycles. The van der Waals surface area contributed by atoms with Crippen molar-refractivity contribution >= 4 is 40.1 Å². The van der Waals surface area contributed by atoms with Crippen molar-refractivity contribution in [1.29, 1.82) is 0 Å². The summed E-state index contributed by atoms with van der Waals surface area (Å²) in [7, 11) is 0. The smallest absolute Gasteiger partial charge is 0.354 e. The minimum absolute atomic E-state index is 0.00539. The van der Waals surface area contributed by atoms with E-state index in [1.54, 1.807) is 45.0 Å². The molecule has 0 amide bonds. The van der Waals surface area contributed by atoms with Gasteiger partial charge in [0, 0.05) is 5.39 Å². The molecule has 0 bridgehead atoms. The lowest BCUT2D eigenvalue weighted by atomic mass is 9.98. The predicted octanol–water partition coefficient (Wildman–Crippen LogP) is 2.55. The third-order valence-electron chi connectivity index (χ3n) is 4.35. The first-order chi connectivity index (χ1) is 14.9. The van der Waals surface area contributed by atoms with Crippen LogP contribution in [0.2, 0.25) is 0 Å². The van der Waals surface area contributed by atoms with Crippen LogP contribution in [0.3, 0.4) is 0 Å². The van der Waals surface area contributed by atoms with Crippen LogP contribution in [0.1, 0.15) is 26.3 Å². The number of fused-ring (bicyclic) bond motifs is 3. The van der Waals surface area contributed by atoms with Crippen molar-refractivity contribution in [2.45, 2.75) is 20.8 Å². The molecule has 1 N–H and O–H groups in total. The van der Waals surface area contributed by atoms with Crippen LogP contribution in [0.25, 0.3) is 16.5 Å². The van der Waals surface area contributed by atoms with Crippen molar-refractivity contribution < 1.29 is 33.0 Å². The van der Waals surface area contributed by atoms with E-state index in [0.29, 0.717) is 5.39 Å². The molecule has 31 heavy (non-hydrogen) atoms. The Balaban J connectivity index is 2.44. The summed E-state index contributed by atoms with van der Waals surface area (Å²) in [6.07, 6.45) is 1.12. The van der Waals surface area contributed by atoms with Crippen LogP contribution in [0.4, 0.5) is 5.69 Å². The molecule has 0 unspecified atom stereocenters. The molecular formula is C22H21NO8. The van der Waals surface area contributed by atoms with Crippen LogP contribution in [0.15, 0.2) is 50.8 Å². The van der Waals surface area contributed by atoms with Crippen LogP contribution in [-0.2, 0) is 28.6 Å². The summed E-state index contributed by atoms with van der Waals surface area (Å²) in [6.45, 7) is 4.87. The van der Waals surface area contributed by atoms with E-state index in [4.69, 9.17) is 18.6 Å². The predicted molar refractivity (Wildman–Crippen MR) is 111 cm³/mol. The normalized spacial score (nSPS) is 12.9. The van der Waals surface area contributed by atoms with Crippen molar-refractivity contribution in [2.24, 2.45) is 0 Å². The Kier molecular flexibility index (Phi) is 6.54. The number of esters is 3. The number of carbonyl (C=O) groups is 3. The van der Waals surface area contributed by atoms with Gasteiger partial charge in [-0.15, -0.1) is 0 Å². The summed E-state index contributed by atoms with van der Waals surface area (Å²) in [5.74, 6) is -2.62. The molecule has 0 radical (unpaired) electrons. The molecular weight excluding hydrogens is 406 g/mol. The molecule has 9 heteroatoms. The van der Waals surface area contributed by atoms with E-state index in [9.17, 15) is 19.2 Å². The number of ether oxygens (including phenoxy) is 3. The molecule has 1 aliphatic heterocycles. The van der Waals surface area contributed by atoms with Gasteiger partial charge in [-0.1, -0.05) is 12.1 Å². The molecule has 0 atom stereocenters. The van der Waals surface area contributed by atoms with Gasteiger partial charge >= 0.3 is 23.5 Å². The van der Waals surface area contributed by atoms with Gasteiger partial charge in [0.1, 0.15) is 11.3 Å². The Hall–Kier alpha value is -3.88. The number of nitrogens with one attached hydrogen (secondary N) is 1. The third kappa shape index (κ3) is 4.20. The number of hydrogen-bond donors (Lipinski definition) is 1. The molecule has 1 aromatic heterocycles. The quantitative estimate of drug-likeness (QED) is 0.421. The lowest BCUT2D eigenvalue weighted by Gasteiger charge is -2.14. The average Bonchev–Trinajstić information content (AvgIpc) is 2.93. The molecule has 0 saturated carbocycles. The second kappa shape index (κ2) is 9.29. The third-order valence-corrected chi connectivity index (χ3v) is 4.35. The second-order valence-corrected chi connectivity index (χ2v) is 6.27. The van der Waals surface area contributed by atoms with Gasteiger partial charge in [0.25, 0.3) is 0 Å². The average molecular weight is 427 g/mol. The van der Waals surface area contributed by atoms with Crippen LogP contribution in [-0.4, -0.2) is 37.7 Å². The van der Waals surface area contributed by atoms with Crippen LogP contribution in [0, 0.1) is 0 Å². The van der Waals surface area contributed by atoms with Crippen molar-refractivity contribution in [2.75, 3.05) is 25.1 Å². The minimum atomic E-state index is -0.933. The van der Waals surface area contributed by atoms with Gasteiger partial charge in [-0.2, -0.15) is 0 Å². The lowest BCUT2D eigenvalue weighted by molar-refractivity contribution is -0.140. The highest BCUT2D eigenvalue weighted by Gasteiger charge is 2.34. The summed E-state index contributed by atoms with van der Waals surface area (Å²) >= 11 is 0. The molecule has 0 saturated heterocycles. The van der Waals surface area contributed by atoms with E-state index < -0.39 is 23.5 Å². The lowest BCUT2D eigenvalue weighted by Crippen LogP contribution is -2.20. The van der Waals surface area contributed by atoms with E-state index in [1.807, 2.05) is 0 Å². The number of para-hydroxylation sites is 1. The fourth-order valence-corrected chi connectivity index (χ4v) is 3.13. The van der Waals surface area contributed by atoms with Gasteiger partial charge in [0.15, 0.2) is 0 Å². The second-order valence-electron chi connectivity index (χ2n) is 6.27. The highest BCUT2D eigenvalue weighted by molar-refractivity contribution is 6.27. The molecule has 2 aromatic rings. The molecule has 1 aromatic carbocycles. The van der Waals surface area contributed by atoms with Crippen molar-refractivity contribution in [3.8, 4) is 0 Å². The van der Waals surface area contributed by atoms with Crippen LogP contribution < -0.4 is 10.9 Å². The maximum absolute atomic E-state index is 12.9. The van der Waals surface area contributed by atoms with E-state index in [2.05, 4.69) is 5.32 Å². The largest absolute Gasteiger partial charge is 0.462 e. The zero-order valence-electron chi connectivity index (χ0n) is 17.3. The Labute approximate surface area is 177 Å². The first-order valence-electron chi connectivity index (χ1n) is 9.73. The molecule has 0 spiro atoms. The van der Waals surface area contributed by atoms with Gasteiger partial charge in [0.05, 0.1) is 42.2 Å². The first-order valence-corrected chi connectivity index (χ1v) is 9.73. The number of benzene rings is 1. The van der Waals surface area contributed by atoms with Gasteiger partial charge in [-0.05, 0) is 39.0 Å². The number of rotatable bonds is 6.